The molecule has 0 aromatic heterocycles. The molecule has 0 aliphatic carbocycles. The third-order valence-corrected chi connectivity index (χ3v) is 9.47. The minimum atomic E-state index is -0.774. The minimum Gasteiger partial charge on any atom is -0.462 e. The molecule has 0 saturated heterocycles. The SMILES string of the molecule is CC/C=C\C/C=C\CCCCC(=O)OCC(COC(=O)CCCCCCCCCCCCCCC)OC(=O)CCCCCCCCCCCCC. The smallest absolute Gasteiger partial charge is 0.306 e. The second kappa shape index (κ2) is 40.7. The van der Waals surface area contributed by atoms with E-state index in [0.29, 0.717) is 19.3 Å². The van der Waals surface area contributed by atoms with Crippen molar-refractivity contribution in [1.29, 1.82) is 0 Å². The van der Waals surface area contributed by atoms with Crippen molar-refractivity contribution in [2.45, 2.75) is 232 Å². The van der Waals surface area contributed by atoms with Gasteiger partial charge >= 0.3 is 17.9 Å². The van der Waals surface area contributed by atoms with Crippen LogP contribution < -0.4 is 0 Å². The van der Waals surface area contributed by atoms with Crippen LogP contribution in [-0.2, 0) is 28.6 Å². The highest BCUT2D eigenvalue weighted by molar-refractivity contribution is 5.71. The first kappa shape index (κ1) is 48.9. The molecule has 0 amide bonds. The molecule has 6 heteroatoms. The van der Waals surface area contributed by atoms with Crippen molar-refractivity contribution in [3.05, 3.63) is 24.3 Å². The molecule has 0 bridgehead atoms. The van der Waals surface area contributed by atoms with Crippen LogP contribution in [0, 0.1) is 0 Å². The number of allylic oxidation sites excluding steroid dienone is 4. The maximum atomic E-state index is 12.7. The lowest BCUT2D eigenvalue weighted by Gasteiger charge is -2.18. The first-order valence-corrected chi connectivity index (χ1v) is 21.8. The summed E-state index contributed by atoms with van der Waals surface area (Å²) in [6, 6.07) is 0. The Bertz CT molecular complexity index is 835. The van der Waals surface area contributed by atoms with E-state index in [-0.39, 0.29) is 31.1 Å². The predicted octanol–water partition coefficient (Wildman–Crippen LogP) is 13.6. The molecule has 298 valence electrons. The summed E-state index contributed by atoms with van der Waals surface area (Å²) in [6.07, 6.45) is 43.1. The van der Waals surface area contributed by atoms with Gasteiger partial charge in [-0.3, -0.25) is 14.4 Å². The molecule has 0 radical (unpaired) electrons. The standard InChI is InChI=1S/C45H82O6/c1-4-7-10-13-16-19-21-22-24-26-29-32-35-38-44(47)50-41-42(40-49-43(46)37-34-31-28-25-18-15-12-9-6-3)51-45(48)39-36-33-30-27-23-20-17-14-11-8-5-2/h9,12,18,25,42H,4-8,10-11,13-17,19-24,26-41H2,1-3H3/b12-9-,25-18-. The van der Waals surface area contributed by atoms with E-state index in [4.69, 9.17) is 14.2 Å². The second-order valence-electron chi connectivity index (χ2n) is 14.6. The molecule has 51 heavy (non-hydrogen) atoms. The Hall–Kier alpha value is -2.11. The maximum absolute atomic E-state index is 12.7. The lowest BCUT2D eigenvalue weighted by Crippen LogP contribution is -2.30. The summed E-state index contributed by atoms with van der Waals surface area (Å²) >= 11 is 0. The highest BCUT2D eigenvalue weighted by atomic mass is 16.6. The summed E-state index contributed by atoms with van der Waals surface area (Å²) in [4.78, 5) is 37.5. The van der Waals surface area contributed by atoms with Crippen LogP contribution in [0.15, 0.2) is 24.3 Å². The normalized spacial score (nSPS) is 12.1. The molecule has 0 rings (SSSR count). The number of carbonyl (C=O) groups is 3. The summed E-state index contributed by atoms with van der Waals surface area (Å²) in [6.45, 7) is 6.47. The molecule has 0 spiro atoms. The molecule has 1 unspecified atom stereocenters. The van der Waals surface area contributed by atoms with Gasteiger partial charge in [0.25, 0.3) is 0 Å². The highest BCUT2D eigenvalue weighted by Crippen LogP contribution is 2.15. The number of rotatable bonds is 39. The molecular formula is C45H82O6. The van der Waals surface area contributed by atoms with Gasteiger partial charge in [-0.1, -0.05) is 186 Å². The van der Waals surface area contributed by atoms with Gasteiger partial charge in [-0.05, 0) is 44.9 Å². The Balaban J connectivity index is 4.35. The fourth-order valence-corrected chi connectivity index (χ4v) is 6.18. The second-order valence-corrected chi connectivity index (χ2v) is 14.6. The Morgan fingerprint density at radius 3 is 1.18 bits per heavy atom. The van der Waals surface area contributed by atoms with Crippen molar-refractivity contribution in [3.63, 3.8) is 0 Å². The minimum absolute atomic E-state index is 0.0776. The van der Waals surface area contributed by atoms with E-state index in [9.17, 15) is 14.4 Å². The molecule has 0 heterocycles. The van der Waals surface area contributed by atoms with Crippen LogP contribution in [-0.4, -0.2) is 37.2 Å². The van der Waals surface area contributed by atoms with E-state index in [1.54, 1.807) is 0 Å². The van der Waals surface area contributed by atoms with Crippen molar-refractivity contribution in [3.8, 4) is 0 Å². The molecular weight excluding hydrogens is 636 g/mol. The Labute approximate surface area is 315 Å². The summed E-state index contributed by atoms with van der Waals surface area (Å²) in [5.74, 6) is -0.913. The van der Waals surface area contributed by atoms with Gasteiger partial charge in [-0.15, -0.1) is 0 Å². The zero-order valence-corrected chi connectivity index (χ0v) is 33.9. The van der Waals surface area contributed by atoms with Gasteiger partial charge in [0.2, 0.25) is 0 Å². The molecule has 0 aliphatic heterocycles. The topological polar surface area (TPSA) is 78.9 Å². The lowest BCUT2D eigenvalue weighted by atomic mass is 10.0. The monoisotopic (exact) mass is 719 g/mol. The number of hydrogen-bond donors (Lipinski definition) is 0. The largest absolute Gasteiger partial charge is 0.462 e. The number of ether oxygens (including phenoxy) is 3. The average molecular weight is 719 g/mol. The zero-order valence-electron chi connectivity index (χ0n) is 33.9. The van der Waals surface area contributed by atoms with Crippen LogP contribution in [0.2, 0.25) is 0 Å². The van der Waals surface area contributed by atoms with Crippen LogP contribution in [0.5, 0.6) is 0 Å². The number of unbranched alkanes of at least 4 members (excludes halogenated alkanes) is 24. The van der Waals surface area contributed by atoms with Crippen LogP contribution >= 0.6 is 0 Å². The van der Waals surface area contributed by atoms with Crippen LogP contribution in [0.4, 0.5) is 0 Å². The molecule has 0 fully saturated rings. The third kappa shape index (κ3) is 38.9. The van der Waals surface area contributed by atoms with Crippen LogP contribution in [0.1, 0.15) is 226 Å². The van der Waals surface area contributed by atoms with Crippen LogP contribution in [0.25, 0.3) is 0 Å². The quantitative estimate of drug-likeness (QED) is 0.0272. The van der Waals surface area contributed by atoms with E-state index in [2.05, 4.69) is 45.1 Å². The first-order chi connectivity index (χ1) is 25.0. The van der Waals surface area contributed by atoms with Crippen LogP contribution in [0.3, 0.4) is 0 Å². The highest BCUT2D eigenvalue weighted by Gasteiger charge is 2.19. The average Bonchev–Trinajstić information content (AvgIpc) is 3.12. The zero-order chi connectivity index (χ0) is 37.3. The van der Waals surface area contributed by atoms with Gasteiger partial charge in [0, 0.05) is 19.3 Å². The fraction of sp³-hybridized carbons (Fsp3) is 0.844. The van der Waals surface area contributed by atoms with E-state index in [1.807, 2.05) is 0 Å². The van der Waals surface area contributed by atoms with Gasteiger partial charge in [0.1, 0.15) is 13.2 Å². The van der Waals surface area contributed by atoms with Gasteiger partial charge in [-0.25, -0.2) is 0 Å². The predicted molar refractivity (Wildman–Crippen MR) is 215 cm³/mol. The molecule has 6 nitrogen and oxygen atoms in total. The summed E-state index contributed by atoms with van der Waals surface area (Å²) in [5.41, 5.74) is 0. The molecule has 0 aliphatic rings. The molecule has 1 atom stereocenters. The Kier molecular flexibility index (Phi) is 39.0. The molecule has 0 aromatic rings. The number of hydrogen-bond acceptors (Lipinski definition) is 6. The van der Waals surface area contributed by atoms with Crippen molar-refractivity contribution in [2.75, 3.05) is 13.2 Å². The van der Waals surface area contributed by atoms with E-state index >= 15 is 0 Å². The van der Waals surface area contributed by atoms with Gasteiger partial charge in [-0.2, -0.15) is 0 Å². The molecule has 0 aromatic carbocycles. The number of esters is 3. The van der Waals surface area contributed by atoms with Gasteiger partial charge in [0.15, 0.2) is 6.10 Å². The Morgan fingerprint density at radius 1 is 0.412 bits per heavy atom. The van der Waals surface area contributed by atoms with Crippen molar-refractivity contribution >= 4 is 17.9 Å². The third-order valence-electron chi connectivity index (χ3n) is 9.47. The van der Waals surface area contributed by atoms with Gasteiger partial charge < -0.3 is 14.2 Å². The van der Waals surface area contributed by atoms with E-state index < -0.39 is 6.10 Å². The first-order valence-electron chi connectivity index (χ1n) is 21.8. The van der Waals surface area contributed by atoms with Crippen molar-refractivity contribution < 1.29 is 28.6 Å². The van der Waals surface area contributed by atoms with Gasteiger partial charge in [0.05, 0.1) is 0 Å². The number of carbonyl (C=O) groups excluding carboxylic acids is 3. The maximum Gasteiger partial charge on any atom is 0.306 e. The molecule has 0 saturated carbocycles. The van der Waals surface area contributed by atoms with E-state index in [1.165, 1.54) is 116 Å². The summed E-state index contributed by atoms with van der Waals surface area (Å²) < 4.78 is 16.6. The summed E-state index contributed by atoms with van der Waals surface area (Å²) in [5, 5.41) is 0. The van der Waals surface area contributed by atoms with E-state index in [0.717, 1.165) is 70.6 Å². The fourth-order valence-electron chi connectivity index (χ4n) is 6.18. The Morgan fingerprint density at radius 2 is 0.765 bits per heavy atom. The molecule has 0 N–H and O–H groups in total. The van der Waals surface area contributed by atoms with Crippen molar-refractivity contribution in [1.82, 2.24) is 0 Å². The lowest BCUT2D eigenvalue weighted by molar-refractivity contribution is -0.167. The summed E-state index contributed by atoms with van der Waals surface area (Å²) in [7, 11) is 0. The van der Waals surface area contributed by atoms with Crippen molar-refractivity contribution in [2.24, 2.45) is 0 Å².